The summed E-state index contributed by atoms with van der Waals surface area (Å²) in [7, 11) is 0. The molecule has 0 bridgehead atoms. The fourth-order valence-corrected chi connectivity index (χ4v) is 2.78. The Bertz CT molecular complexity index is 150. The van der Waals surface area contributed by atoms with Crippen LogP contribution in [0.4, 0.5) is 0 Å². The van der Waals surface area contributed by atoms with Crippen molar-refractivity contribution < 1.29 is 0 Å². The Hall–Kier alpha value is -0.0800. The molecule has 0 aliphatic carbocycles. The van der Waals surface area contributed by atoms with Crippen LogP contribution in [0.5, 0.6) is 0 Å². The fourth-order valence-electron chi connectivity index (χ4n) is 2.78. The molecule has 1 saturated heterocycles. The van der Waals surface area contributed by atoms with Crippen LogP contribution in [0.2, 0.25) is 0 Å². The third-order valence-corrected chi connectivity index (χ3v) is 4.05. The summed E-state index contributed by atoms with van der Waals surface area (Å²) in [5.74, 6) is 0. The summed E-state index contributed by atoms with van der Waals surface area (Å²) >= 11 is 0. The van der Waals surface area contributed by atoms with Gasteiger partial charge in [-0.1, -0.05) is 26.7 Å². The van der Waals surface area contributed by atoms with Gasteiger partial charge in [0.2, 0.25) is 0 Å². The zero-order valence-electron chi connectivity index (χ0n) is 12.8. The Labute approximate surface area is 115 Å². The molecule has 1 fully saturated rings. The zero-order valence-corrected chi connectivity index (χ0v) is 12.8. The minimum Gasteiger partial charge on any atom is -0.303 e. The minimum absolute atomic E-state index is 1.33. The van der Waals surface area contributed by atoms with E-state index < -0.39 is 0 Å². The van der Waals surface area contributed by atoms with E-state index in [1.165, 1.54) is 90.6 Å². The molecule has 2 heteroatoms. The van der Waals surface area contributed by atoms with Crippen molar-refractivity contribution in [2.75, 3.05) is 39.3 Å². The van der Waals surface area contributed by atoms with Crippen LogP contribution >= 0.6 is 0 Å². The number of hydrogen-bond donors (Lipinski definition) is 0. The van der Waals surface area contributed by atoms with Crippen LogP contribution in [0.1, 0.15) is 65.2 Å². The summed E-state index contributed by atoms with van der Waals surface area (Å²) in [6.45, 7) is 12.6. The van der Waals surface area contributed by atoms with E-state index in [0.717, 1.165) is 0 Å². The fraction of sp³-hybridized carbons (Fsp3) is 1.00. The van der Waals surface area contributed by atoms with Crippen LogP contribution < -0.4 is 0 Å². The highest BCUT2D eigenvalue weighted by molar-refractivity contribution is 4.65. The Kier molecular flexibility index (Phi) is 9.59. The Balaban J connectivity index is 2.22. The monoisotopic (exact) mass is 254 g/mol. The summed E-state index contributed by atoms with van der Waals surface area (Å²) in [6, 6.07) is 0. The molecular formula is C16H34N2. The third-order valence-electron chi connectivity index (χ3n) is 4.05. The second kappa shape index (κ2) is 10.8. The molecule has 1 rings (SSSR count). The number of unbranched alkanes of at least 4 members (excludes halogenated alkanes) is 2. The normalized spacial score (nSPS) is 21.0. The summed E-state index contributed by atoms with van der Waals surface area (Å²) < 4.78 is 0. The van der Waals surface area contributed by atoms with Gasteiger partial charge < -0.3 is 9.80 Å². The highest BCUT2D eigenvalue weighted by Crippen LogP contribution is 2.08. The van der Waals surface area contributed by atoms with Crippen molar-refractivity contribution in [1.82, 2.24) is 9.80 Å². The number of hydrogen-bond acceptors (Lipinski definition) is 2. The Morgan fingerprint density at radius 2 is 0.944 bits per heavy atom. The van der Waals surface area contributed by atoms with Crippen molar-refractivity contribution >= 4 is 0 Å². The van der Waals surface area contributed by atoms with Gasteiger partial charge in [0.05, 0.1) is 0 Å². The van der Waals surface area contributed by atoms with Crippen LogP contribution in [0.15, 0.2) is 0 Å². The highest BCUT2D eigenvalue weighted by Gasteiger charge is 2.09. The maximum atomic E-state index is 2.70. The molecule has 0 atom stereocenters. The van der Waals surface area contributed by atoms with Crippen LogP contribution in [-0.4, -0.2) is 49.1 Å². The smallest absolute Gasteiger partial charge is 0.00183 e. The lowest BCUT2D eigenvalue weighted by molar-refractivity contribution is 0.208. The molecule has 1 aliphatic rings. The van der Waals surface area contributed by atoms with E-state index in [2.05, 4.69) is 23.6 Å². The van der Waals surface area contributed by atoms with Crippen molar-refractivity contribution in [2.45, 2.75) is 65.2 Å². The molecule has 108 valence electrons. The first-order chi connectivity index (χ1) is 8.86. The first-order valence-corrected chi connectivity index (χ1v) is 8.31. The SMILES string of the molecule is CCCCN1CCCCN(CCCC)CCCC1. The molecule has 2 nitrogen and oxygen atoms in total. The lowest BCUT2D eigenvalue weighted by Crippen LogP contribution is -2.32. The van der Waals surface area contributed by atoms with E-state index >= 15 is 0 Å². The summed E-state index contributed by atoms with van der Waals surface area (Å²) in [5, 5.41) is 0. The van der Waals surface area contributed by atoms with Crippen LogP contribution in [0.3, 0.4) is 0 Å². The van der Waals surface area contributed by atoms with Gasteiger partial charge in [0, 0.05) is 0 Å². The van der Waals surface area contributed by atoms with E-state index in [4.69, 9.17) is 0 Å². The van der Waals surface area contributed by atoms with E-state index in [1.807, 2.05) is 0 Å². The lowest BCUT2D eigenvalue weighted by Gasteiger charge is -2.27. The van der Waals surface area contributed by atoms with Crippen LogP contribution in [0.25, 0.3) is 0 Å². The minimum atomic E-state index is 1.33. The summed E-state index contributed by atoms with van der Waals surface area (Å²) in [4.78, 5) is 5.40. The topological polar surface area (TPSA) is 6.48 Å². The van der Waals surface area contributed by atoms with Gasteiger partial charge in [-0.3, -0.25) is 0 Å². The van der Waals surface area contributed by atoms with Crippen LogP contribution in [0, 0.1) is 0 Å². The predicted molar refractivity (Wildman–Crippen MR) is 81.2 cm³/mol. The molecule has 0 saturated carbocycles. The molecule has 0 N–H and O–H groups in total. The van der Waals surface area contributed by atoms with Gasteiger partial charge >= 0.3 is 0 Å². The molecule has 18 heavy (non-hydrogen) atoms. The van der Waals surface area contributed by atoms with Gasteiger partial charge in [0.15, 0.2) is 0 Å². The molecule has 0 aromatic carbocycles. The number of nitrogens with zero attached hydrogens (tertiary/aromatic N) is 2. The molecule has 0 aromatic heterocycles. The van der Waals surface area contributed by atoms with E-state index in [-0.39, 0.29) is 0 Å². The Morgan fingerprint density at radius 3 is 1.22 bits per heavy atom. The molecule has 0 aromatic rings. The molecule has 1 aliphatic heterocycles. The second-order valence-corrected chi connectivity index (χ2v) is 5.80. The predicted octanol–water partition coefficient (Wildman–Crippen LogP) is 3.76. The maximum absolute atomic E-state index is 2.70. The van der Waals surface area contributed by atoms with Crippen molar-refractivity contribution in [2.24, 2.45) is 0 Å². The van der Waals surface area contributed by atoms with Gasteiger partial charge in [-0.15, -0.1) is 0 Å². The summed E-state index contributed by atoms with van der Waals surface area (Å²) in [5.41, 5.74) is 0. The average molecular weight is 254 g/mol. The van der Waals surface area contributed by atoms with E-state index in [9.17, 15) is 0 Å². The lowest BCUT2D eigenvalue weighted by atomic mass is 10.1. The van der Waals surface area contributed by atoms with Gasteiger partial charge in [0.1, 0.15) is 0 Å². The molecule has 0 amide bonds. The van der Waals surface area contributed by atoms with Gasteiger partial charge in [-0.2, -0.15) is 0 Å². The maximum Gasteiger partial charge on any atom is -0.00183 e. The molecule has 0 spiro atoms. The Morgan fingerprint density at radius 1 is 0.611 bits per heavy atom. The summed E-state index contributed by atoms with van der Waals surface area (Å²) in [6.07, 6.45) is 11.0. The van der Waals surface area contributed by atoms with Gasteiger partial charge in [0.25, 0.3) is 0 Å². The van der Waals surface area contributed by atoms with Crippen molar-refractivity contribution in [3.63, 3.8) is 0 Å². The molecule has 1 heterocycles. The van der Waals surface area contributed by atoms with Crippen molar-refractivity contribution in [1.29, 1.82) is 0 Å². The first kappa shape index (κ1) is 16.0. The van der Waals surface area contributed by atoms with Gasteiger partial charge in [-0.05, 0) is 77.8 Å². The van der Waals surface area contributed by atoms with E-state index in [1.54, 1.807) is 0 Å². The number of rotatable bonds is 6. The largest absolute Gasteiger partial charge is 0.303 e. The quantitative estimate of drug-likeness (QED) is 0.712. The standard InChI is InChI=1S/C16H34N2/c1-3-5-11-17-13-7-9-15-18(12-6-4-2)16-10-8-14-17/h3-16H2,1-2H3. The molecule has 0 unspecified atom stereocenters. The van der Waals surface area contributed by atoms with E-state index in [0.29, 0.717) is 0 Å². The first-order valence-electron chi connectivity index (χ1n) is 8.31. The third kappa shape index (κ3) is 7.38. The highest BCUT2D eigenvalue weighted by atomic mass is 15.1. The average Bonchev–Trinajstić information content (AvgIpc) is 2.41. The van der Waals surface area contributed by atoms with Crippen molar-refractivity contribution in [3.05, 3.63) is 0 Å². The second-order valence-electron chi connectivity index (χ2n) is 5.80. The zero-order chi connectivity index (χ0) is 13.1. The van der Waals surface area contributed by atoms with Crippen LogP contribution in [-0.2, 0) is 0 Å². The molecule has 0 radical (unpaired) electrons. The van der Waals surface area contributed by atoms with Gasteiger partial charge in [-0.25, -0.2) is 0 Å². The van der Waals surface area contributed by atoms with Crippen molar-refractivity contribution in [3.8, 4) is 0 Å². The molecular weight excluding hydrogens is 220 g/mol.